The summed E-state index contributed by atoms with van der Waals surface area (Å²) < 4.78 is 47.1. The highest BCUT2D eigenvalue weighted by Crippen LogP contribution is 2.55. The highest BCUT2D eigenvalue weighted by molar-refractivity contribution is 7.96. The van der Waals surface area contributed by atoms with Crippen LogP contribution >= 0.6 is 0 Å². The van der Waals surface area contributed by atoms with E-state index < -0.39 is 39.0 Å². The minimum atomic E-state index is -2.61. The number of nitrogens with two attached hydrogens (primary N) is 1. The van der Waals surface area contributed by atoms with Gasteiger partial charge in [-0.2, -0.15) is 0 Å². The second-order valence-corrected chi connectivity index (χ2v) is 12.2. The summed E-state index contributed by atoms with van der Waals surface area (Å²) >= 11 is 0. The van der Waals surface area contributed by atoms with Gasteiger partial charge in [-0.25, -0.2) is 22.3 Å². The Morgan fingerprint density at radius 2 is 2.12 bits per heavy atom. The summed E-state index contributed by atoms with van der Waals surface area (Å²) in [7, 11) is -2.61. The number of hydrogen-bond donors (Lipinski definition) is 2. The Hall–Kier alpha value is -3.08. The maximum absolute atomic E-state index is 14.0. The molecule has 2 aliphatic heterocycles. The van der Waals surface area contributed by atoms with Crippen LogP contribution in [0.3, 0.4) is 0 Å². The monoisotopic (exact) mass is 489 g/mol. The first-order chi connectivity index (χ1) is 16.1. The number of pyridine rings is 1. The Kier molecular flexibility index (Phi) is 5.16. The van der Waals surface area contributed by atoms with Gasteiger partial charge in [-0.3, -0.25) is 9.79 Å². The van der Waals surface area contributed by atoms with E-state index in [-0.39, 0.29) is 16.7 Å². The van der Waals surface area contributed by atoms with E-state index in [0.29, 0.717) is 30.9 Å². The Morgan fingerprint density at radius 3 is 2.82 bits per heavy atom. The van der Waals surface area contributed by atoms with Gasteiger partial charge in [0.2, 0.25) is 0 Å². The van der Waals surface area contributed by atoms with E-state index in [0.717, 1.165) is 11.1 Å². The molecule has 3 N–H and O–H groups in total. The molecule has 8 nitrogen and oxygen atoms in total. The summed E-state index contributed by atoms with van der Waals surface area (Å²) in [6.07, 6.45) is -0.0560. The van der Waals surface area contributed by atoms with Gasteiger partial charge in [0.1, 0.15) is 34.2 Å². The number of halogens is 2. The molecule has 5 rings (SSSR count). The number of rotatable bonds is 5. The number of hydrogen-bond acceptors (Lipinski definition) is 7. The molecular weight excluding hydrogens is 464 g/mol. The second-order valence-electron chi connectivity index (χ2n) is 9.21. The minimum absolute atomic E-state index is 0.112. The number of nitrogens with zero attached hydrogens (tertiary/aromatic N) is 3. The number of fused-ring (bicyclic) bond motifs is 4. The topological polar surface area (TPSA) is 119 Å². The molecule has 1 aliphatic carbocycles. The zero-order chi connectivity index (χ0) is 24.3. The van der Waals surface area contributed by atoms with E-state index in [1.54, 1.807) is 6.07 Å². The molecule has 3 atom stereocenters. The molecule has 3 aliphatic rings. The van der Waals surface area contributed by atoms with Crippen molar-refractivity contribution in [2.45, 2.75) is 48.7 Å². The van der Waals surface area contributed by atoms with Gasteiger partial charge < -0.3 is 15.8 Å². The number of nitrogens with one attached hydrogen (secondary N) is 1. The van der Waals surface area contributed by atoms with E-state index in [9.17, 15) is 17.8 Å². The highest BCUT2D eigenvalue weighted by atomic mass is 32.2. The van der Waals surface area contributed by atoms with Crippen molar-refractivity contribution >= 4 is 27.2 Å². The van der Waals surface area contributed by atoms with Gasteiger partial charge in [0.05, 0.1) is 21.2 Å². The predicted molar refractivity (Wildman–Crippen MR) is 125 cm³/mol. The third-order valence-corrected chi connectivity index (χ3v) is 10.5. The normalized spacial score (nSPS) is 28.4. The summed E-state index contributed by atoms with van der Waals surface area (Å²) in [6, 6.07) is 8.38. The average molecular weight is 490 g/mol. The van der Waals surface area contributed by atoms with Crippen LogP contribution < -0.4 is 15.8 Å². The predicted octanol–water partition coefficient (Wildman–Crippen LogP) is 3.12. The quantitative estimate of drug-likeness (QED) is 0.669. The van der Waals surface area contributed by atoms with Gasteiger partial charge in [-0.1, -0.05) is 6.07 Å². The van der Waals surface area contributed by atoms with Crippen molar-refractivity contribution in [3.63, 3.8) is 0 Å². The molecule has 0 radical (unpaired) electrons. The zero-order valence-electron chi connectivity index (χ0n) is 18.8. The number of amidine groups is 1. The second kappa shape index (κ2) is 7.72. The van der Waals surface area contributed by atoms with Crippen molar-refractivity contribution in [1.29, 1.82) is 0 Å². The molecule has 34 heavy (non-hydrogen) atoms. The highest BCUT2D eigenvalue weighted by Gasteiger charge is 2.61. The van der Waals surface area contributed by atoms with E-state index in [4.69, 9.17) is 15.5 Å². The van der Waals surface area contributed by atoms with E-state index >= 15 is 0 Å². The summed E-state index contributed by atoms with van der Waals surface area (Å²) in [5.41, 5.74) is 8.25. The Bertz CT molecular complexity index is 1320. The molecular formula is C23H25F2N5O3S. The first kappa shape index (κ1) is 22.7. The summed E-state index contributed by atoms with van der Waals surface area (Å²) in [4.78, 5) is 21.6. The number of aromatic nitrogens is 1. The largest absolute Gasteiger partial charge is 0.486 e. The van der Waals surface area contributed by atoms with Crippen molar-refractivity contribution in [2.75, 3.05) is 18.5 Å². The van der Waals surface area contributed by atoms with E-state index in [2.05, 4.69) is 14.7 Å². The lowest BCUT2D eigenvalue weighted by Crippen LogP contribution is -2.62. The molecule has 1 aromatic heterocycles. The molecule has 0 bridgehead atoms. The van der Waals surface area contributed by atoms with E-state index in [1.807, 2.05) is 26.0 Å². The fourth-order valence-electron chi connectivity index (χ4n) is 4.98. The molecule has 0 saturated carbocycles. The minimum Gasteiger partial charge on any atom is -0.486 e. The fraction of sp³-hybridized carbons (Fsp3) is 0.435. The Labute approximate surface area is 196 Å². The van der Waals surface area contributed by atoms with Crippen molar-refractivity contribution in [2.24, 2.45) is 15.1 Å². The number of alkyl halides is 2. The maximum atomic E-state index is 14.0. The number of amides is 1. The lowest BCUT2D eigenvalue weighted by atomic mass is 9.67. The number of benzene rings is 1. The molecule has 1 amide bonds. The molecule has 3 heterocycles. The van der Waals surface area contributed by atoms with Crippen LogP contribution in [-0.4, -0.2) is 50.5 Å². The van der Waals surface area contributed by atoms with Crippen LogP contribution in [0.1, 0.15) is 41.9 Å². The molecule has 1 spiro atoms. The third kappa shape index (κ3) is 3.28. The molecule has 180 valence electrons. The summed E-state index contributed by atoms with van der Waals surface area (Å²) in [6.45, 7) is 3.46. The standard InChI is InChI=1S/C23H25F2N5O3S/c1-22(2)21(26)30-23(18-7-8-28-34(18,22)32)10-13-3-4-14(9-16(13)23)29-20(31)17-6-5-15(11-27-17)33-12-19(24)25/h3-6,9,11,18-19H,7-8,10,12H2,1-2H3,(H2,26,30)(H,29,31)/t18-,23+,34?/m0/s1. The number of carbonyl (C=O) groups excluding carboxylic acids is 1. The lowest BCUT2D eigenvalue weighted by Gasteiger charge is -2.51. The van der Waals surface area contributed by atoms with Crippen LogP contribution in [0.2, 0.25) is 0 Å². The lowest BCUT2D eigenvalue weighted by molar-refractivity contribution is 0.0816. The van der Waals surface area contributed by atoms with Crippen molar-refractivity contribution < 1.29 is 22.5 Å². The van der Waals surface area contributed by atoms with E-state index in [1.165, 1.54) is 18.3 Å². The van der Waals surface area contributed by atoms with Crippen LogP contribution in [0.25, 0.3) is 0 Å². The first-order valence-corrected chi connectivity index (χ1v) is 12.5. The summed E-state index contributed by atoms with van der Waals surface area (Å²) in [5.74, 6) is 0.0418. The number of carbonyl (C=O) groups is 1. The van der Waals surface area contributed by atoms with Gasteiger partial charge in [-0.05, 0) is 55.7 Å². The van der Waals surface area contributed by atoms with Crippen molar-refractivity contribution in [3.8, 4) is 5.75 Å². The molecule has 1 aromatic carbocycles. The average Bonchev–Trinajstić information content (AvgIpc) is 3.20. The molecule has 0 saturated heterocycles. The molecule has 1 unspecified atom stereocenters. The Morgan fingerprint density at radius 1 is 1.32 bits per heavy atom. The van der Waals surface area contributed by atoms with Gasteiger partial charge in [0.25, 0.3) is 12.3 Å². The van der Waals surface area contributed by atoms with Gasteiger partial charge >= 0.3 is 0 Å². The number of aliphatic imine (C=N–C) groups is 1. The zero-order valence-corrected chi connectivity index (χ0v) is 19.6. The number of anilines is 1. The first-order valence-electron chi connectivity index (χ1n) is 11.0. The van der Waals surface area contributed by atoms with Gasteiger partial charge in [0.15, 0.2) is 0 Å². The fourth-order valence-corrected chi connectivity index (χ4v) is 8.13. The van der Waals surface area contributed by atoms with Crippen LogP contribution in [0.5, 0.6) is 5.75 Å². The van der Waals surface area contributed by atoms with Gasteiger partial charge in [-0.15, -0.1) is 0 Å². The third-order valence-electron chi connectivity index (χ3n) is 6.90. The van der Waals surface area contributed by atoms with Gasteiger partial charge in [0, 0.05) is 18.7 Å². The molecule has 2 aromatic rings. The van der Waals surface area contributed by atoms with Crippen LogP contribution in [0.15, 0.2) is 45.9 Å². The molecule has 0 fully saturated rings. The van der Waals surface area contributed by atoms with Crippen LogP contribution in [0, 0.1) is 0 Å². The van der Waals surface area contributed by atoms with Crippen LogP contribution in [0.4, 0.5) is 14.5 Å². The smallest absolute Gasteiger partial charge is 0.274 e. The van der Waals surface area contributed by atoms with Crippen LogP contribution in [-0.2, 0) is 21.7 Å². The van der Waals surface area contributed by atoms with Crippen molar-refractivity contribution in [3.05, 3.63) is 53.3 Å². The number of ether oxygens (including phenoxy) is 1. The SMILES string of the molecule is CC1(C)C(N)=N[C@@]2(Cc3ccc(NC(=O)c4ccc(OCC(F)F)cn4)cc32)[C@@H]2CCN=S21=O. The van der Waals surface area contributed by atoms with Crippen molar-refractivity contribution in [1.82, 2.24) is 4.98 Å². The Balaban J connectivity index is 1.40. The summed E-state index contributed by atoms with van der Waals surface area (Å²) in [5, 5.41) is 2.58. The maximum Gasteiger partial charge on any atom is 0.274 e. The molecule has 11 heteroatoms.